The number of anilines is 1. The van der Waals surface area contributed by atoms with E-state index in [-0.39, 0.29) is 11.3 Å². The molecule has 0 saturated heterocycles. The van der Waals surface area contributed by atoms with Crippen molar-refractivity contribution in [3.63, 3.8) is 0 Å². The number of fused-ring (bicyclic) bond motifs is 1. The number of carbonyl (C=O) groups excluding carboxylic acids is 1. The summed E-state index contributed by atoms with van der Waals surface area (Å²) in [4.78, 5) is 16.3. The number of aromatic nitrogens is 3. The molecule has 0 aliphatic carbocycles. The van der Waals surface area contributed by atoms with Crippen LogP contribution in [0.1, 0.15) is 27.2 Å². The van der Waals surface area contributed by atoms with Crippen molar-refractivity contribution in [3.05, 3.63) is 69.1 Å². The average Bonchev–Trinajstić information content (AvgIpc) is 3.13. The van der Waals surface area contributed by atoms with Crippen LogP contribution in [0.4, 0.5) is 10.2 Å². The highest BCUT2D eigenvalue weighted by Gasteiger charge is 2.18. The number of benzene rings is 2. The molecule has 2 heterocycles. The van der Waals surface area contributed by atoms with Crippen LogP contribution in [-0.4, -0.2) is 28.2 Å². The van der Waals surface area contributed by atoms with Crippen LogP contribution in [0, 0.1) is 12.7 Å². The molecular formula is C22H19BrFN5O2. The van der Waals surface area contributed by atoms with E-state index in [0.29, 0.717) is 23.5 Å². The predicted molar refractivity (Wildman–Crippen MR) is 120 cm³/mol. The largest absolute Gasteiger partial charge is 0.496 e. The number of primary amides is 1. The molecule has 0 atom stereocenters. The maximum atomic E-state index is 14.0. The molecule has 0 bridgehead atoms. The van der Waals surface area contributed by atoms with E-state index in [0.717, 1.165) is 38.3 Å². The molecule has 2 aromatic carbocycles. The number of aromatic amines is 1. The second kappa shape index (κ2) is 7.99. The van der Waals surface area contributed by atoms with Gasteiger partial charge in [-0.3, -0.25) is 14.9 Å². The summed E-state index contributed by atoms with van der Waals surface area (Å²) in [6, 6.07) is 10.1. The molecule has 2 aromatic heterocycles. The highest BCUT2D eigenvalue weighted by molar-refractivity contribution is 9.10. The number of hydrogen-bond acceptors (Lipinski definition) is 5. The van der Waals surface area contributed by atoms with Crippen molar-refractivity contribution < 1.29 is 13.9 Å². The van der Waals surface area contributed by atoms with E-state index in [4.69, 9.17) is 16.2 Å². The molecular weight excluding hydrogens is 465 g/mol. The fraction of sp³-hybridized carbons (Fsp3) is 0.136. The van der Waals surface area contributed by atoms with Crippen molar-refractivity contribution in [2.24, 2.45) is 5.73 Å². The maximum Gasteiger partial charge on any atom is 0.252 e. The number of carbonyl (C=O) groups is 1. The number of ether oxygens (including phenoxy) is 1. The molecule has 0 spiro atoms. The molecule has 9 heteroatoms. The summed E-state index contributed by atoms with van der Waals surface area (Å²) in [5.41, 5.74) is 16.0. The summed E-state index contributed by atoms with van der Waals surface area (Å²) in [5.74, 6) is -0.651. The van der Waals surface area contributed by atoms with Crippen LogP contribution in [0.25, 0.3) is 22.2 Å². The SMILES string of the molecule is COc1c(Cc2ccc(-c3nc(C)c(Br)c4[nH]nc(N)c34)cc2)cc(F)cc1C(N)=O. The smallest absolute Gasteiger partial charge is 0.252 e. The van der Waals surface area contributed by atoms with Gasteiger partial charge in [-0.1, -0.05) is 24.3 Å². The lowest BCUT2D eigenvalue weighted by atomic mass is 9.98. The van der Waals surface area contributed by atoms with Crippen molar-refractivity contribution in [1.29, 1.82) is 0 Å². The lowest BCUT2D eigenvalue weighted by Crippen LogP contribution is -2.14. The zero-order valence-corrected chi connectivity index (χ0v) is 18.4. The van der Waals surface area contributed by atoms with Crippen LogP contribution in [0.2, 0.25) is 0 Å². The first-order valence-electron chi connectivity index (χ1n) is 9.35. The van der Waals surface area contributed by atoms with Crippen LogP contribution < -0.4 is 16.2 Å². The first-order valence-corrected chi connectivity index (χ1v) is 10.1. The second-order valence-corrected chi connectivity index (χ2v) is 7.90. The van der Waals surface area contributed by atoms with Gasteiger partial charge in [-0.25, -0.2) is 4.39 Å². The maximum absolute atomic E-state index is 14.0. The summed E-state index contributed by atoms with van der Waals surface area (Å²) in [6.45, 7) is 1.89. The quantitative estimate of drug-likeness (QED) is 0.394. The fourth-order valence-corrected chi connectivity index (χ4v) is 4.00. The number of halogens is 2. The van der Waals surface area contributed by atoms with E-state index in [2.05, 4.69) is 31.1 Å². The first-order chi connectivity index (χ1) is 14.8. The molecule has 1 amide bonds. The zero-order chi connectivity index (χ0) is 22.3. The van der Waals surface area contributed by atoms with Crippen LogP contribution >= 0.6 is 15.9 Å². The minimum Gasteiger partial charge on any atom is -0.496 e. The predicted octanol–water partition coefficient (Wildman–Crippen LogP) is 4.12. The topological polar surface area (TPSA) is 120 Å². The number of rotatable bonds is 5. The molecule has 4 aromatic rings. The Hall–Kier alpha value is -3.46. The molecule has 0 saturated carbocycles. The van der Waals surface area contributed by atoms with E-state index >= 15 is 0 Å². The average molecular weight is 484 g/mol. The van der Waals surface area contributed by atoms with Gasteiger partial charge in [-0.15, -0.1) is 0 Å². The highest BCUT2D eigenvalue weighted by atomic mass is 79.9. The number of hydrogen-bond donors (Lipinski definition) is 3. The van der Waals surface area contributed by atoms with Gasteiger partial charge >= 0.3 is 0 Å². The van der Waals surface area contributed by atoms with Gasteiger partial charge in [0, 0.05) is 17.5 Å². The van der Waals surface area contributed by atoms with Gasteiger partial charge in [-0.05, 0) is 40.5 Å². The van der Waals surface area contributed by atoms with Crippen molar-refractivity contribution >= 4 is 38.6 Å². The Morgan fingerprint density at radius 2 is 1.97 bits per heavy atom. The number of amides is 1. The number of nitrogens with two attached hydrogens (primary N) is 2. The van der Waals surface area contributed by atoms with Gasteiger partial charge in [0.05, 0.1) is 39.4 Å². The Balaban J connectivity index is 1.73. The van der Waals surface area contributed by atoms with Crippen molar-refractivity contribution in [2.45, 2.75) is 13.3 Å². The Kier molecular flexibility index (Phi) is 5.36. The number of methoxy groups -OCH3 is 1. The molecule has 31 heavy (non-hydrogen) atoms. The molecule has 158 valence electrons. The van der Waals surface area contributed by atoms with Gasteiger partial charge in [0.2, 0.25) is 0 Å². The molecule has 0 radical (unpaired) electrons. The minimum atomic E-state index is -0.744. The third-order valence-corrected chi connectivity index (χ3v) is 6.04. The normalized spacial score (nSPS) is 11.1. The number of aryl methyl sites for hydroxylation is 1. The Labute approximate surface area is 185 Å². The minimum absolute atomic E-state index is 0.0153. The van der Waals surface area contributed by atoms with Gasteiger partial charge in [0.25, 0.3) is 5.91 Å². The van der Waals surface area contributed by atoms with Crippen molar-refractivity contribution in [1.82, 2.24) is 15.2 Å². The lowest BCUT2D eigenvalue weighted by molar-refractivity contribution is 0.0996. The number of pyridine rings is 1. The number of nitrogen functional groups attached to an aromatic ring is 1. The van der Waals surface area contributed by atoms with E-state index in [9.17, 15) is 9.18 Å². The molecule has 7 nitrogen and oxygen atoms in total. The van der Waals surface area contributed by atoms with Crippen LogP contribution in [0.5, 0.6) is 5.75 Å². The number of nitrogens with zero attached hydrogens (tertiary/aromatic N) is 2. The number of nitrogens with one attached hydrogen (secondary N) is 1. The fourth-order valence-electron chi connectivity index (χ4n) is 3.62. The first kappa shape index (κ1) is 20.8. The number of H-pyrrole nitrogens is 1. The lowest BCUT2D eigenvalue weighted by Gasteiger charge is -2.13. The second-order valence-electron chi connectivity index (χ2n) is 7.10. The van der Waals surface area contributed by atoms with Crippen LogP contribution in [0.3, 0.4) is 0 Å². The summed E-state index contributed by atoms with van der Waals surface area (Å²) in [6.07, 6.45) is 0.359. The summed E-state index contributed by atoms with van der Waals surface area (Å²) in [5, 5.41) is 7.78. The molecule has 0 fully saturated rings. The summed E-state index contributed by atoms with van der Waals surface area (Å²) in [7, 11) is 1.42. The molecule has 4 rings (SSSR count). The third kappa shape index (κ3) is 3.72. The molecule has 0 unspecified atom stereocenters. The van der Waals surface area contributed by atoms with Gasteiger partial charge in [0.15, 0.2) is 5.82 Å². The highest BCUT2D eigenvalue weighted by Crippen LogP contribution is 2.35. The zero-order valence-electron chi connectivity index (χ0n) is 16.8. The molecule has 0 aliphatic rings. The van der Waals surface area contributed by atoms with Gasteiger partial charge in [-0.2, -0.15) is 5.10 Å². The van der Waals surface area contributed by atoms with Gasteiger partial charge < -0.3 is 16.2 Å². The van der Waals surface area contributed by atoms with Crippen molar-refractivity contribution in [2.75, 3.05) is 12.8 Å². The third-order valence-electron chi connectivity index (χ3n) is 5.07. The standard InChI is InChI=1S/C22H19BrFN5O2/c1-10-17(23)19-16(21(25)29-28-19)18(27-10)12-5-3-11(4-6-12)7-13-8-14(24)9-15(22(26)30)20(13)31-2/h3-6,8-9H,7H2,1-2H3,(H2,26,30)(H3,25,28,29). The summed E-state index contributed by atoms with van der Waals surface area (Å²) >= 11 is 3.52. The van der Waals surface area contributed by atoms with E-state index in [1.54, 1.807) is 0 Å². The van der Waals surface area contributed by atoms with Crippen LogP contribution in [0.15, 0.2) is 40.9 Å². The molecule has 5 N–H and O–H groups in total. The van der Waals surface area contributed by atoms with E-state index in [1.165, 1.54) is 13.2 Å². The van der Waals surface area contributed by atoms with E-state index < -0.39 is 11.7 Å². The molecule has 0 aliphatic heterocycles. The summed E-state index contributed by atoms with van der Waals surface area (Å²) < 4.78 is 20.2. The Morgan fingerprint density at radius 3 is 2.61 bits per heavy atom. The van der Waals surface area contributed by atoms with E-state index in [1.807, 2.05) is 31.2 Å². The Bertz CT molecular complexity index is 1320. The van der Waals surface area contributed by atoms with Crippen LogP contribution in [-0.2, 0) is 6.42 Å². The van der Waals surface area contributed by atoms with Crippen molar-refractivity contribution in [3.8, 4) is 17.0 Å². The monoisotopic (exact) mass is 483 g/mol. The Morgan fingerprint density at radius 1 is 1.26 bits per heavy atom. The van der Waals surface area contributed by atoms with Gasteiger partial charge in [0.1, 0.15) is 11.6 Å².